The van der Waals surface area contributed by atoms with Crippen molar-refractivity contribution in [1.82, 2.24) is 0 Å². The molecular weight excluding hydrogens is 258 g/mol. The van der Waals surface area contributed by atoms with E-state index < -0.39 is 11.9 Å². The van der Waals surface area contributed by atoms with Gasteiger partial charge in [-0.2, -0.15) is 0 Å². The first-order valence-electron chi connectivity index (χ1n) is 5.20. The summed E-state index contributed by atoms with van der Waals surface area (Å²) in [7, 11) is 3.02. The zero-order chi connectivity index (χ0) is 13.7. The van der Waals surface area contributed by atoms with E-state index in [0.717, 1.165) is 0 Å². The normalized spacial score (nSPS) is 11.8. The van der Waals surface area contributed by atoms with E-state index in [1.165, 1.54) is 14.2 Å². The van der Waals surface area contributed by atoms with Crippen LogP contribution in [-0.2, 0) is 4.79 Å². The molecule has 0 saturated heterocycles. The van der Waals surface area contributed by atoms with E-state index in [1.807, 2.05) is 0 Å². The lowest BCUT2D eigenvalue weighted by molar-refractivity contribution is -0.118. The minimum Gasteiger partial charge on any atom is -0.495 e. The van der Waals surface area contributed by atoms with Gasteiger partial charge in [0.25, 0.3) is 0 Å². The van der Waals surface area contributed by atoms with E-state index >= 15 is 0 Å². The number of amides is 1. The Morgan fingerprint density at radius 1 is 1.39 bits per heavy atom. The molecule has 0 aliphatic rings. The summed E-state index contributed by atoms with van der Waals surface area (Å²) < 4.78 is 10.2. The number of hydrogen-bond donors (Lipinski definition) is 3. The first-order valence-corrected chi connectivity index (χ1v) is 5.57. The van der Waals surface area contributed by atoms with Gasteiger partial charge in [-0.25, -0.2) is 0 Å². The lowest BCUT2D eigenvalue weighted by Gasteiger charge is -2.15. The van der Waals surface area contributed by atoms with Crippen LogP contribution in [-0.4, -0.2) is 32.7 Å². The summed E-state index contributed by atoms with van der Waals surface area (Å²) in [6.07, 6.45) is 0. The monoisotopic (exact) mass is 273 g/mol. The van der Waals surface area contributed by atoms with Crippen molar-refractivity contribution >= 4 is 23.2 Å². The summed E-state index contributed by atoms with van der Waals surface area (Å²) in [6, 6.07) is 2.49. The van der Waals surface area contributed by atoms with E-state index in [1.54, 1.807) is 12.1 Å². The molecule has 1 aromatic rings. The Morgan fingerprint density at radius 2 is 2.00 bits per heavy atom. The molecule has 5 N–H and O–H groups in total. The Kier molecular flexibility index (Phi) is 5.06. The van der Waals surface area contributed by atoms with Gasteiger partial charge < -0.3 is 26.3 Å². The molecule has 0 aromatic heterocycles. The molecule has 0 heterocycles. The molecule has 7 heteroatoms. The molecule has 0 saturated carbocycles. The fourth-order valence-electron chi connectivity index (χ4n) is 1.32. The molecule has 1 unspecified atom stereocenters. The molecule has 1 aromatic carbocycles. The second kappa shape index (κ2) is 6.32. The number of methoxy groups -OCH3 is 2. The van der Waals surface area contributed by atoms with Crippen LogP contribution < -0.4 is 26.3 Å². The maximum atomic E-state index is 10.8. The Bertz CT molecular complexity index is 440. The van der Waals surface area contributed by atoms with Crippen LogP contribution in [0.1, 0.15) is 0 Å². The molecule has 0 aliphatic heterocycles. The lowest BCUT2D eigenvalue weighted by Crippen LogP contribution is -2.41. The summed E-state index contributed by atoms with van der Waals surface area (Å²) in [5.74, 6) is 0.437. The van der Waals surface area contributed by atoms with Crippen molar-refractivity contribution in [2.24, 2.45) is 11.5 Å². The maximum Gasteiger partial charge on any atom is 0.236 e. The van der Waals surface area contributed by atoms with Crippen LogP contribution in [0.3, 0.4) is 0 Å². The molecule has 6 nitrogen and oxygen atoms in total. The van der Waals surface area contributed by atoms with Gasteiger partial charge in [0.2, 0.25) is 5.91 Å². The molecule has 0 spiro atoms. The van der Waals surface area contributed by atoms with Crippen molar-refractivity contribution in [3.05, 3.63) is 17.2 Å². The number of carbonyl (C=O) groups excluding carboxylic acids is 1. The molecule has 1 atom stereocenters. The topological polar surface area (TPSA) is 99.6 Å². The first kappa shape index (κ1) is 14.4. The van der Waals surface area contributed by atoms with Gasteiger partial charge in [0.15, 0.2) is 0 Å². The van der Waals surface area contributed by atoms with Crippen molar-refractivity contribution in [3.8, 4) is 11.5 Å². The van der Waals surface area contributed by atoms with Crippen LogP contribution in [0, 0.1) is 0 Å². The second-order valence-electron chi connectivity index (χ2n) is 3.58. The summed E-state index contributed by atoms with van der Waals surface area (Å²) in [5, 5.41) is 3.39. The highest BCUT2D eigenvalue weighted by Crippen LogP contribution is 2.35. The predicted molar refractivity (Wildman–Crippen MR) is 70.2 cm³/mol. The average Bonchev–Trinajstić information content (AvgIpc) is 2.36. The van der Waals surface area contributed by atoms with Gasteiger partial charge in [0.1, 0.15) is 17.5 Å². The number of halogens is 1. The summed E-state index contributed by atoms with van der Waals surface area (Å²) in [4.78, 5) is 10.8. The quantitative estimate of drug-likeness (QED) is 0.704. The Morgan fingerprint density at radius 3 is 2.50 bits per heavy atom. The third-order valence-electron chi connectivity index (χ3n) is 2.35. The highest BCUT2D eigenvalue weighted by Gasteiger charge is 2.13. The van der Waals surface area contributed by atoms with Crippen LogP contribution in [0.15, 0.2) is 12.1 Å². The molecule has 1 rings (SSSR count). The summed E-state index contributed by atoms with van der Waals surface area (Å²) in [6.45, 7) is 0.191. The number of rotatable bonds is 6. The van der Waals surface area contributed by atoms with Crippen molar-refractivity contribution in [2.45, 2.75) is 6.04 Å². The number of benzene rings is 1. The number of nitrogens with one attached hydrogen (secondary N) is 1. The fraction of sp³-hybridized carbons (Fsp3) is 0.364. The highest BCUT2D eigenvalue weighted by atomic mass is 35.5. The van der Waals surface area contributed by atoms with Crippen molar-refractivity contribution in [1.29, 1.82) is 0 Å². The van der Waals surface area contributed by atoms with Crippen LogP contribution in [0.2, 0.25) is 5.02 Å². The van der Waals surface area contributed by atoms with E-state index in [-0.39, 0.29) is 6.54 Å². The van der Waals surface area contributed by atoms with Crippen molar-refractivity contribution in [2.75, 3.05) is 26.1 Å². The zero-order valence-corrected chi connectivity index (χ0v) is 11.0. The SMILES string of the molecule is COc1cc(NCC(N)C(N)=O)c(OC)cc1Cl. The van der Waals surface area contributed by atoms with E-state index in [4.69, 9.17) is 32.5 Å². The Balaban J connectivity index is 2.89. The molecule has 0 aliphatic carbocycles. The minimum atomic E-state index is -0.781. The molecule has 18 heavy (non-hydrogen) atoms. The highest BCUT2D eigenvalue weighted by molar-refractivity contribution is 6.32. The number of hydrogen-bond acceptors (Lipinski definition) is 5. The largest absolute Gasteiger partial charge is 0.495 e. The van der Waals surface area contributed by atoms with Crippen LogP contribution in [0.5, 0.6) is 11.5 Å². The smallest absolute Gasteiger partial charge is 0.236 e. The molecule has 0 bridgehead atoms. The molecule has 0 radical (unpaired) electrons. The zero-order valence-electron chi connectivity index (χ0n) is 10.2. The van der Waals surface area contributed by atoms with Gasteiger partial charge in [-0.1, -0.05) is 11.6 Å². The Hall–Kier alpha value is -1.66. The lowest BCUT2D eigenvalue weighted by atomic mass is 10.2. The molecule has 0 fully saturated rings. The number of carbonyl (C=O) groups is 1. The van der Waals surface area contributed by atoms with E-state index in [9.17, 15) is 4.79 Å². The van der Waals surface area contributed by atoms with Gasteiger partial charge in [-0.05, 0) is 0 Å². The average molecular weight is 274 g/mol. The van der Waals surface area contributed by atoms with Crippen molar-refractivity contribution < 1.29 is 14.3 Å². The van der Waals surface area contributed by atoms with Crippen LogP contribution >= 0.6 is 11.6 Å². The third-order valence-corrected chi connectivity index (χ3v) is 2.65. The van der Waals surface area contributed by atoms with Crippen LogP contribution in [0.25, 0.3) is 0 Å². The minimum absolute atomic E-state index is 0.191. The number of ether oxygens (including phenoxy) is 2. The maximum absolute atomic E-state index is 10.8. The number of anilines is 1. The molecule has 1 amide bonds. The standard InChI is InChI=1S/C11H16ClN3O3/c1-17-9-4-8(10(18-2)3-6(9)12)15-5-7(13)11(14)16/h3-4,7,15H,5,13H2,1-2H3,(H2,14,16). The third kappa shape index (κ3) is 3.41. The van der Waals surface area contributed by atoms with Gasteiger partial charge in [-0.3, -0.25) is 4.79 Å². The van der Waals surface area contributed by atoms with Gasteiger partial charge in [-0.15, -0.1) is 0 Å². The van der Waals surface area contributed by atoms with Gasteiger partial charge >= 0.3 is 0 Å². The number of nitrogens with two attached hydrogens (primary N) is 2. The summed E-state index contributed by atoms with van der Waals surface area (Å²) >= 11 is 5.96. The predicted octanol–water partition coefficient (Wildman–Crippen LogP) is 0.582. The van der Waals surface area contributed by atoms with E-state index in [2.05, 4.69) is 5.32 Å². The summed E-state index contributed by atoms with van der Waals surface area (Å²) in [5.41, 5.74) is 11.2. The molecular formula is C11H16ClN3O3. The van der Waals surface area contributed by atoms with Crippen LogP contribution in [0.4, 0.5) is 5.69 Å². The first-order chi connectivity index (χ1) is 8.49. The Labute approximate surface area is 110 Å². The number of primary amides is 1. The fourth-order valence-corrected chi connectivity index (χ4v) is 1.55. The van der Waals surface area contributed by atoms with Gasteiger partial charge in [0, 0.05) is 18.7 Å². The van der Waals surface area contributed by atoms with Crippen molar-refractivity contribution in [3.63, 3.8) is 0 Å². The molecule has 100 valence electrons. The van der Waals surface area contributed by atoms with Gasteiger partial charge in [0.05, 0.1) is 24.9 Å². The van der Waals surface area contributed by atoms with E-state index in [0.29, 0.717) is 22.2 Å². The second-order valence-corrected chi connectivity index (χ2v) is 3.98.